The summed E-state index contributed by atoms with van der Waals surface area (Å²) in [6, 6.07) is 10.7. The number of rotatable bonds is 3. The number of hydrogen-bond acceptors (Lipinski definition) is 4. The van der Waals surface area contributed by atoms with E-state index in [0.717, 1.165) is 11.4 Å². The lowest BCUT2D eigenvalue weighted by atomic mass is 10.2. The van der Waals surface area contributed by atoms with Crippen LogP contribution in [0, 0.1) is 20.8 Å². The van der Waals surface area contributed by atoms with Crippen molar-refractivity contribution in [3.05, 3.63) is 69.4 Å². The highest BCUT2D eigenvalue weighted by Gasteiger charge is 2.18. The van der Waals surface area contributed by atoms with Crippen LogP contribution in [0.1, 0.15) is 27.6 Å². The molecule has 2 heterocycles. The fraction of sp³-hybridized carbons (Fsp3) is 0.176. The van der Waals surface area contributed by atoms with Crippen molar-refractivity contribution >= 4 is 11.6 Å². The predicted molar refractivity (Wildman–Crippen MR) is 90.6 cm³/mol. The van der Waals surface area contributed by atoms with E-state index in [1.165, 1.54) is 6.07 Å². The molecule has 0 saturated carbocycles. The quantitative estimate of drug-likeness (QED) is 0.772. The maximum atomic E-state index is 12.5. The maximum Gasteiger partial charge on any atom is 0.280 e. The van der Waals surface area contributed by atoms with Crippen LogP contribution in [0.2, 0.25) is 0 Å². The number of H-pyrrole nitrogens is 1. The van der Waals surface area contributed by atoms with Crippen LogP contribution in [-0.4, -0.2) is 25.9 Å². The molecule has 0 aliphatic rings. The Kier molecular flexibility index (Phi) is 3.99. The van der Waals surface area contributed by atoms with Gasteiger partial charge >= 0.3 is 0 Å². The highest BCUT2D eigenvalue weighted by Crippen LogP contribution is 2.16. The van der Waals surface area contributed by atoms with Gasteiger partial charge in [-0.15, -0.1) is 0 Å². The number of anilines is 1. The van der Waals surface area contributed by atoms with E-state index >= 15 is 0 Å². The van der Waals surface area contributed by atoms with E-state index in [1.54, 1.807) is 25.5 Å². The molecule has 0 aliphatic carbocycles. The number of nitrogens with zero attached hydrogens (tertiary/aromatic N) is 3. The number of nitrogens with one attached hydrogen (secondary N) is 2. The van der Waals surface area contributed by atoms with E-state index in [2.05, 4.69) is 20.6 Å². The number of para-hydroxylation sites is 1. The Hall–Kier alpha value is -3.22. The van der Waals surface area contributed by atoms with Crippen LogP contribution in [-0.2, 0) is 0 Å². The Morgan fingerprint density at radius 2 is 1.88 bits per heavy atom. The van der Waals surface area contributed by atoms with Gasteiger partial charge in [-0.05, 0) is 32.9 Å². The lowest BCUT2D eigenvalue weighted by Crippen LogP contribution is -2.27. The van der Waals surface area contributed by atoms with E-state index in [4.69, 9.17) is 0 Å². The maximum absolute atomic E-state index is 12.5. The van der Waals surface area contributed by atoms with Gasteiger partial charge in [0.05, 0.1) is 22.8 Å². The van der Waals surface area contributed by atoms with E-state index in [1.807, 2.05) is 30.3 Å². The first kappa shape index (κ1) is 15.7. The van der Waals surface area contributed by atoms with Crippen molar-refractivity contribution in [2.45, 2.75) is 20.8 Å². The van der Waals surface area contributed by atoms with Crippen LogP contribution in [0.3, 0.4) is 0 Å². The summed E-state index contributed by atoms with van der Waals surface area (Å²) >= 11 is 0. The molecule has 2 N–H and O–H groups in total. The van der Waals surface area contributed by atoms with Gasteiger partial charge in [-0.1, -0.05) is 18.2 Å². The number of hydrogen-bond donors (Lipinski definition) is 2. The SMILES string of the molecule is Cc1n[nH]c(C)c1NC(=O)c1nn(-c2ccccc2)c(C)cc1=O. The summed E-state index contributed by atoms with van der Waals surface area (Å²) in [5.41, 5.74) is 2.78. The van der Waals surface area contributed by atoms with Crippen molar-refractivity contribution in [3.8, 4) is 5.69 Å². The van der Waals surface area contributed by atoms with Crippen molar-refractivity contribution in [1.82, 2.24) is 20.0 Å². The van der Waals surface area contributed by atoms with Gasteiger partial charge in [0.1, 0.15) is 0 Å². The van der Waals surface area contributed by atoms with Crippen LogP contribution in [0.5, 0.6) is 0 Å². The summed E-state index contributed by atoms with van der Waals surface area (Å²) in [5, 5.41) is 13.8. The second kappa shape index (κ2) is 6.11. The molecular formula is C17H17N5O2. The first-order chi connectivity index (χ1) is 11.5. The summed E-state index contributed by atoms with van der Waals surface area (Å²) in [6.07, 6.45) is 0. The molecular weight excluding hydrogens is 306 g/mol. The number of carbonyl (C=O) groups excluding carboxylic acids is 1. The van der Waals surface area contributed by atoms with Crippen molar-refractivity contribution < 1.29 is 4.79 Å². The number of amides is 1. The predicted octanol–water partition coefficient (Wildman–Crippen LogP) is 2.13. The average Bonchev–Trinajstić information content (AvgIpc) is 2.87. The molecule has 0 aliphatic heterocycles. The van der Waals surface area contributed by atoms with E-state index in [9.17, 15) is 9.59 Å². The summed E-state index contributed by atoms with van der Waals surface area (Å²) in [4.78, 5) is 24.7. The molecule has 1 aromatic carbocycles. The van der Waals surface area contributed by atoms with E-state index < -0.39 is 11.3 Å². The third-order valence-electron chi connectivity index (χ3n) is 3.69. The number of aryl methyl sites for hydroxylation is 3. The minimum Gasteiger partial charge on any atom is -0.317 e. The topological polar surface area (TPSA) is 92.7 Å². The summed E-state index contributed by atoms with van der Waals surface area (Å²) in [5.74, 6) is -0.558. The fourth-order valence-corrected chi connectivity index (χ4v) is 2.44. The van der Waals surface area contributed by atoms with Gasteiger partial charge in [0.2, 0.25) is 5.43 Å². The number of aromatic amines is 1. The second-order valence-corrected chi connectivity index (χ2v) is 5.51. The molecule has 3 aromatic rings. The molecule has 0 bridgehead atoms. The van der Waals surface area contributed by atoms with E-state index in [0.29, 0.717) is 17.1 Å². The standard InChI is InChI=1S/C17H17N5O2/c1-10-9-14(23)16(21-22(10)13-7-5-4-6-8-13)17(24)18-15-11(2)19-20-12(15)3/h4-9H,1-3H3,(H,18,24)(H,19,20). The first-order valence-electron chi connectivity index (χ1n) is 7.46. The monoisotopic (exact) mass is 323 g/mol. The van der Waals surface area contributed by atoms with Crippen LogP contribution < -0.4 is 10.7 Å². The largest absolute Gasteiger partial charge is 0.317 e. The molecule has 3 rings (SSSR count). The molecule has 0 unspecified atom stereocenters. The zero-order valence-corrected chi connectivity index (χ0v) is 13.6. The van der Waals surface area contributed by atoms with Crippen LogP contribution >= 0.6 is 0 Å². The lowest BCUT2D eigenvalue weighted by molar-refractivity contribution is 0.101. The van der Waals surface area contributed by atoms with Gasteiger partial charge in [0, 0.05) is 11.8 Å². The van der Waals surface area contributed by atoms with Gasteiger partial charge < -0.3 is 5.32 Å². The van der Waals surface area contributed by atoms with Gasteiger partial charge in [0.15, 0.2) is 5.69 Å². The van der Waals surface area contributed by atoms with Crippen LogP contribution in [0.4, 0.5) is 5.69 Å². The summed E-state index contributed by atoms with van der Waals surface area (Å²) < 4.78 is 1.57. The summed E-state index contributed by atoms with van der Waals surface area (Å²) in [7, 11) is 0. The Balaban J connectivity index is 2.02. The number of carbonyl (C=O) groups is 1. The first-order valence-corrected chi connectivity index (χ1v) is 7.46. The minimum atomic E-state index is -0.558. The van der Waals surface area contributed by atoms with Crippen molar-refractivity contribution in [1.29, 1.82) is 0 Å². The molecule has 1 amide bonds. The Morgan fingerprint density at radius 3 is 2.50 bits per heavy atom. The van der Waals surface area contributed by atoms with Crippen LogP contribution in [0.25, 0.3) is 5.69 Å². The van der Waals surface area contributed by atoms with Crippen molar-refractivity contribution in [2.24, 2.45) is 0 Å². The van der Waals surface area contributed by atoms with Gasteiger partial charge in [-0.25, -0.2) is 4.68 Å². The molecule has 24 heavy (non-hydrogen) atoms. The highest BCUT2D eigenvalue weighted by molar-refractivity contribution is 6.03. The van der Waals surface area contributed by atoms with Gasteiger partial charge in [0.25, 0.3) is 5.91 Å². The summed E-state index contributed by atoms with van der Waals surface area (Å²) in [6.45, 7) is 5.33. The van der Waals surface area contributed by atoms with Crippen molar-refractivity contribution in [2.75, 3.05) is 5.32 Å². The zero-order chi connectivity index (χ0) is 17.3. The number of aromatic nitrogens is 4. The normalized spacial score (nSPS) is 10.6. The molecule has 2 aromatic heterocycles. The highest BCUT2D eigenvalue weighted by atomic mass is 16.2. The molecule has 7 nitrogen and oxygen atoms in total. The Morgan fingerprint density at radius 1 is 1.17 bits per heavy atom. The third-order valence-corrected chi connectivity index (χ3v) is 3.69. The smallest absolute Gasteiger partial charge is 0.280 e. The molecule has 0 fully saturated rings. The molecule has 7 heteroatoms. The Bertz CT molecular complexity index is 937. The zero-order valence-electron chi connectivity index (χ0n) is 13.6. The molecule has 122 valence electrons. The third kappa shape index (κ3) is 2.83. The van der Waals surface area contributed by atoms with Crippen LogP contribution in [0.15, 0.2) is 41.2 Å². The van der Waals surface area contributed by atoms with Crippen molar-refractivity contribution in [3.63, 3.8) is 0 Å². The fourth-order valence-electron chi connectivity index (χ4n) is 2.44. The molecule has 0 saturated heterocycles. The second-order valence-electron chi connectivity index (χ2n) is 5.51. The van der Waals surface area contributed by atoms with Gasteiger partial charge in [-0.3, -0.25) is 14.7 Å². The lowest BCUT2D eigenvalue weighted by Gasteiger charge is -2.11. The molecule has 0 spiro atoms. The average molecular weight is 323 g/mol. The Labute approximate surface area is 138 Å². The van der Waals surface area contributed by atoms with Gasteiger partial charge in [-0.2, -0.15) is 10.2 Å². The molecule has 0 radical (unpaired) electrons. The minimum absolute atomic E-state index is 0.163. The molecule has 0 atom stereocenters. The van der Waals surface area contributed by atoms with E-state index in [-0.39, 0.29) is 5.69 Å². The number of benzene rings is 1.